The van der Waals surface area contributed by atoms with Crippen LogP contribution in [0.1, 0.15) is 26.5 Å². The van der Waals surface area contributed by atoms with Crippen LogP contribution in [0.15, 0.2) is 42.5 Å². The van der Waals surface area contributed by atoms with Gasteiger partial charge in [-0.05, 0) is 23.6 Å². The average Bonchev–Trinajstić information content (AvgIpc) is 2.52. The Kier molecular flexibility index (Phi) is 3.68. The number of nitrogen functional groups attached to an aromatic ring is 1. The summed E-state index contributed by atoms with van der Waals surface area (Å²) in [5.41, 5.74) is 8.65. The number of anilines is 1. The first-order valence-electron chi connectivity index (χ1n) is 7.61. The fourth-order valence-corrected chi connectivity index (χ4v) is 2.66. The summed E-state index contributed by atoms with van der Waals surface area (Å²) < 4.78 is 5.46. The summed E-state index contributed by atoms with van der Waals surface area (Å²) in [7, 11) is 1.68. The maximum Gasteiger partial charge on any atom is 0.220 e. The van der Waals surface area contributed by atoms with E-state index in [-0.39, 0.29) is 5.41 Å². The van der Waals surface area contributed by atoms with Crippen molar-refractivity contribution in [2.45, 2.75) is 26.2 Å². The Labute approximate surface area is 136 Å². The van der Waals surface area contributed by atoms with Gasteiger partial charge in [-0.15, -0.1) is 0 Å². The van der Waals surface area contributed by atoms with Crippen molar-refractivity contribution < 1.29 is 4.74 Å². The van der Waals surface area contributed by atoms with Gasteiger partial charge in [-0.1, -0.05) is 45.0 Å². The van der Waals surface area contributed by atoms with Crippen molar-refractivity contribution in [1.29, 1.82) is 0 Å². The number of ether oxygens (including phenoxy) is 1. The van der Waals surface area contributed by atoms with Crippen molar-refractivity contribution in [3.05, 3.63) is 48.2 Å². The van der Waals surface area contributed by atoms with Crippen LogP contribution in [-0.4, -0.2) is 17.1 Å². The Morgan fingerprint density at radius 2 is 1.65 bits per heavy atom. The summed E-state index contributed by atoms with van der Waals surface area (Å²) in [5.74, 6) is 1.15. The monoisotopic (exact) mass is 307 g/mol. The van der Waals surface area contributed by atoms with Crippen molar-refractivity contribution in [1.82, 2.24) is 9.97 Å². The number of hydrogen-bond donors (Lipinski definition) is 1. The Bertz CT molecular complexity index is 866. The number of nitrogens with zero attached hydrogens (tertiary/aromatic N) is 2. The molecule has 0 saturated heterocycles. The van der Waals surface area contributed by atoms with Crippen LogP contribution in [0.3, 0.4) is 0 Å². The number of benzene rings is 2. The summed E-state index contributed by atoms with van der Waals surface area (Å²) in [6, 6.07) is 14.1. The lowest BCUT2D eigenvalue weighted by molar-refractivity contribution is 0.420. The number of methoxy groups -OCH3 is 1. The standard InChI is InChI=1S/C19H21N3O/c1-19(2,3)17-11-15(21-18(20)22-17)13-9-10-16(23-4)14-8-6-5-7-12(13)14/h5-11H,1-4H3,(H2,20,21,22). The number of nitrogens with two attached hydrogens (primary N) is 1. The number of hydrogen-bond acceptors (Lipinski definition) is 4. The predicted molar refractivity (Wildman–Crippen MR) is 94.6 cm³/mol. The van der Waals surface area contributed by atoms with Crippen LogP contribution in [0.5, 0.6) is 5.75 Å². The van der Waals surface area contributed by atoms with Crippen LogP contribution in [0.25, 0.3) is 22.0 Å². The van der Waals surface area contributed by atoms with E-state index in [1.54, 1.807) is 7.11 Å². The smallest absolute Gasteiger partial charge is 0.220 e. The topological polar surface area (TPSA) is 61.0 Å². The Morgan fingerprint density at radius 3 is 2.30 bits per heavy atom. The highest BCUT2D eigenvalue weighted by molar-refractivity contribution is 5.99. The first kappa shape index (κ1) is 15.3. The van der Waals surface area contributed by atoms with Crippen LogP contribution < -0.4 is 10.5 Å². The molecular formula is C19H21N3O. The largest absolute Gasteiger partial charge is 0.496 e. The lowest BCUT2D eigenvalue weighted by Crippen LogP contribution is -2.15. The molecular weight excluding hydrogens is 286 g/mol. The van der Waals surface area contributed by atoms with Gasteiger partial charge in [0, 0.05) is 16.4 Å². The van der Waals surface area contributed by atoms with Crippen LogP contribution in [0, 0.1) is 0 Å². The fraction of sp³-hybridized carbons (Fsp3) is 0.263. The van der Waals surface area contributed by atoms with Gasteiger partial charge in [0.25, 0.3) is 0 Å². The molecule has 0 saturated carbocycles. The Balaban J connectivity index is 2.28. The molecule has 0 fully saturated rings. The first-order chi connectivity index (χ1) is 10.9. The van der Waals surface area contributed by atoms with Crippen molar-refractivity contribution in [2.75, 3.05) is 12.8 Å². The van der Waals surface area contributed by atoms with E-state index in [1.165, 1.54) is 0 Å². The zero-order chi connectivity index (χ0) is 16.6. The second kappa shape index (κ2) is 5.54. The Hall–Kier alpha value is -2.62. The van der Waals surface area contributed by atoms with Gasteiger partial charge in [0.15, 0.2) is 0 Å². The third-order valence-electron chi connectivity index (χ3n) is 3.89. The molecule has 1 aromatic heterocycles. The second-order valence-corrected chi connectivity index (χ2v) is 6.61. The van der Waals surface area contributed by atoms with Crippen LogP contribution >= 0.6 is 0 Å². The molecule has 2 N–H and O–H groups in total. The van der Waals surface area contributed by atoms with E-state index in [9.17, 15) is 0 Å². The Morgan fingerprint density at radius 1 is 0.957 bits per heavy atom. The molecule has 0 aliphatic carbocycles. The molecule has 3 aromatic rings. The van der Waals surface area contributed by atoms with Crippen LogP contribution in [-0.2, 0) is 5.41 Å². The highest BCUT2D eigenvalue weighted by atomic mass is 16.5. The molecule has 0 aliphatic heterocycles. The molecule has 0 unspecified atom stereocenters. The van der Waals surface area contributed by atoms with Gasteiger partial charge in [0.05, 0.1) is 18.5 Å². The minimum atomic E-state index is -0.0892. The van der Waals surface area contributed by atoms with Crippen LogP contribution in [0.2, 0.25) is 0 Å². The predicted octanol–water partition coefficient (Wildman–Crippen LogP) is 4.19. The average molecular weight is 307 g/mol. The molecule has 0 bridgehead atoms. The summed E-state index contributed by atoms with van der Waals surface area (Å²) in [6.45, 7) is 6.35. The van der Waals surface area contributed by atoms with E-state index >= 15 is 0 Å². The molecule has 0 spiro atoms. The molecule has 0 aliphatic rings. The van der Waals surface area contributed by atoms with Gasteiger partial charge in [-0.2, -0.15) is 0 Å². The molecule has 4 nitrogen and oxygen atoms in total. The summed E-state index contributed by atoms with van der Waals surface area (Å²) in [5, 5.41) is 2.15. The van der Waals surface area contributed by atoms with E-state index in [1.807, 2.05) is 36.4 Å². The molecule has 0 atom stereocenters. The van der Waals surface area contributed by atoms with E-state index < -0.39 is 0 Å². The fourth-order valence-electron chi connectivity index (χ4n) is 2.66. The lowest BCUT2D eigenvalue weighted by atomic mass is 9.90. The minimum absolute atomic E-state index is 0.0892. The quantitative estimate of drug-likeness (QED) is 0.771. The van der Waals surface area contributed by atoms with E-state index in [2.05, 4.69) is 36.8 Å². The zero-order valence-electron chi connectivity index (χ0n) is 13.9. The first-order valence-corrected chi connectivity index (χ1v) is 7.61. The van der Waals surface area contributed by atoms with Gasteiger partial charge in [-0.25, -0.2) is 9.97 Å². The van der Waals surface area contributed by atoms with Crippen molar-refractivity contribution in [3.8, 4) is 17.0 Å². The highest BCUT2D eigenvalue weighted by Gasteiger charge is 2.19. The number of fused-ring (bicyclic) bond motifs is 1. The SMILES string of the molecule is COc1ccc(-c2cc(C(C)(C)C)nc(N)n2)c2ccccc12. The van der Waals surface area contributed by atoms with Gasteiger partial charge < -0.3 is 10.5 Å². The molecule has 2 aromatic carbocycles. The molecule has 0 amide bonds. The molecule has 118 valence electrons. The van der Waals surface area contributed by atoms with E-state index in [0.717, 1.165) is 33.5 Å². The van der Waals surface area contributed by atoms with Crippen molar-refractivity contribution >= 4 is 16.7 Å². The van der Waals surface area contributed by atoms with Crippen LogP contribution in [0.4, 0.5) is 5.95 Å². The van der Waals surface area contributed by atoms with Gasteiger partial charge in [0.2, 0.25) is 5.95 Å². The second-order valence-electron chi connectivity index (χ2n) is 6.61. The maximum atomic E-state index is 5.95. The lowest BCUT2D eigenvalue weighted by Gasteiger charge is -2.19. The number of rotatable bonds is 2. The molecule has 23 heavy (non-hydrogen) atoms. The summed E-state index contributed by atoms with van der Waals surface area (Å²) >= 11 is 0. The molecule has 3 rings (SSSR count). The molecule has 4 heteroatoms. The highest BCUT2D eigenvalue weighted by Crippen LogP contribution is 2.35. The van der Waals surface area contributed by atoms with Gasteiger partial charge in [0.1, 0.15) is 5.75 Å². The minimum Gasteiger partial charge on any atom is -0.496 e. The normalized spacial score (nSPS) is 11.7. The number of aromatic nitrogens is 2. The van der Waals surface area contributed by atoms with E-state index in [0.29, 0.717) is 5.95 Å². The van der Waals surface area contributed by atoms with Crippen molar-refractivity contribution in [2.24, 2.45) is 0 Å². The zero-order valence-corrected chi connectivity index (χ0v) is 13.9. The summed E-state index contributed by atoms with van der Waals surface area (Å²) in [6.07, 6.45) is 0. The maximum absolute atomic E-state index is 5.95. The van der Waals surface area contributed by atoms with Gasteiger partial charge >= 0.3 is 0 Å². The summed E-state index contributed by atoms with van der Waals surface area (Å²) in [4.78, 5) is 8.84. The van der Waals surface area contributed by atoms with E-state index in [4.69, 9.17) is 10.5 Å². The van der Waals surface area contributed by atoms with Gasteiger partial charge in [-0.3, -0.25) is 0 Å². The van der Waals surface area contributed by atoms with Crippen molar-refractivity contribution in [3.63, 3.8) is 0 Å². The third-order valence-corrected chi connectivity index (χ3v) is 3.89. The molecule has 1 heterocycles. The molecule has 0 radical (unpaired) electrons. The third kappa shape index (κ3) is 2.84.